The van der Waals surface area contributed by atoms with Crippen LogP contribution in [0.1, 0.15) is 45.1 Å². The second-order valence-corrected chi connectivity index (χ2v) is 6.82. The van der Waals surface area contributed by atoms with Gasteiger partial charge in [0.1, 0.15) is 5.82 Å². The van der Waals surface area contributed by atoms with Crippen LogP contribution in [0.3, 0.4) is 0 Å². The molecule has 1 aliphatic rings. The van der Waals surface area contributed by atoms with Gasteiger partial charge in [0.25, 0.3) is 0 Å². The van der Waals surface area contributed by atoms with Crippen LogP contribution in [0.25, 0.3) is 0 Å². The van der Waals surface area contributed by atoms with Gasteiger partial charge in [-0.15, -0.1) is 0 Å². The SMILES string of the molecule is CC1(C)CCCC(N)(Cc2cccc(F)c2Cl)C1. The van der Waals surface area contributed by atoms with E-state index in [1.807, 2.05) is 6.07 Å². The summed E-state index contributed by atoms with van der Waals surface area (Å²) in [5.41, 5.74) is 7.35. The predicted molar refractivity (Wildman–Crippen MR) is 74.3 cm³/mol. The molecule has 2 N–H and O–H groups in total. The molecule has 0 heterocycles. The number of benzene rings is 1. The van der Waals surface area contributed by atoms with Gasteiger partial charge in [0.15, 0.2) is 0 Å². The molecule has 0 saturated heterocycles. The Hall–Kier alpha value is -0.600. The molecule has 0 aromatic heterocycles. The third-order valence-corrected chi connectivity index (χ3v) is 4.36. The lowest BCUT2D eigenvalue weighted by molar-refractivity contribution is 0.151. The molecule has 1 atom stereocenters. The first-order chi connectivity index (χ1) is 8.31. The Morgan fingerprint density at radius 2 is 2.06 bits per heavy atom. The van der Waals surface area contributed by atoms with E-state index in [0.717, 1.165) is 24.8 Å². The Kier molecular flexibility index (Phi) is 3.70. The molecule has 2 rings (SSSR count). The molecule has 0 radical (unpaired) electrons. The second kappa shape index (κ2) is 4.82. The summed E-state index contributed by atoms with van der Waals surface area (Å²) >= 11 is 6.01. The minimum Gasteiger partial charge on any atom is -0.325 e. The number of hydrogen-bond acceptors (Lipinski definition) is 1. The summed E-state index contributed by atoms with van der Waals surface area (Å²) < 4.78 is 13.4. The van der Waals surface area contributed by atoms with E-state index in [9.17, 15) is 4.39 Å². The summed E-state index contributed by atoms with van der Waals surface area (Å²) in [4.78, 5) is 0. The Morgan fingerprint density at radius 1 is 1.33 bits per heavy atom. The first-order valence-corrected chi connectivity index (χ1v) is 6.91. The van der Waals surface area contributed by atoms with Gasteiger partial charge in [0.2, 0.25) is 0 Å². The van der Waals surface area contributed by atoms with E-state index in [-0.39, 0.29) is 21.8 Å². The molecular formula is C15H21ClFN. The van der Waals surface area contributed by atoms with Gasteiger partial charge in [0, 0.05) is 5.54 Å². The fourth-order valence-corrected chi connectivity index (χ4v) is 3.46. The summed E-state index contributed by atoms with van der Waals surface area (Å²) in [5, 5.41) is 0.228. The number of hydrogen-bond donors (Lipinski definition) is 1. The van der Waals surface area contributed by atoms with Gasteiger partial charge >= 0.3 is 0 Å². The molecule has 1 aromatic carbocycles. The lowest BCUT2D eigenvalue weighted by Crippen LogP contribution is -2.48. The Bertz CT molecular complexity index is 444. The molecule has 3 heteroatoms. The van der Waals surface area contributed by atoms with Gasteiger partial charge in [-0.3, -0.25) is 0 Å². The van der Waals surface area contributed by atoms with Gasteiger partial charge < -0.3 is 5.73 Å². The molecule has 0 bridgehead atoms. The zero-order chi connectivity index (χ0) is 13.4. The maximum Gasteiger partial charge on any atom is 0.142 e. The molecular weight excluding hydrogens is 249 g/mol. The van der Waals surface area contributed by atoms with Gasteiger partial charge in [-0.25, -0.2) is 4.39 Å². The van der Waals surface area contributed by atoms with Crippen LogP contribution >= 0.6 is 11.6 Å². The first kappa shape index (κ1) is 13.8. The minimum atomic E-state index is -0.354. The summed E-state index contributed by atoms with van der Waals surface area (Å²) in [6.07, 6.45) is 4.96. The standard InChI is InChI=1S/C15H21ClFN/c1-14(2)7-4-8-15(18,10-14)9-11-5-3-6-12(17)13(11)16/h3,5-6H,4,7-10,18H2,1-2H3. The van der Waals surface area contributed by atoms with Crippen LogP contribution in [0.2, 0.25) is 5.02 Å². The highest BCUT2D eigenvalue weighted by molar-refractivity contribution is 6.31. The summed E-state index contributed by atoms with van der Waals surface area (Å²) in [6, 6.07) is 4.97. The molecule has 0 aliphatic heterocycles. The summed E-state index contributed by atoms with van der Waals surface area (Å²) in [5.74, 6) is -0.354. The lowest BCUT2D eigenvalue weighted by Gasteiger charge is -2.43. The molecule has 1 unspecified atom stereocenters. The quantitative estimate of drug-likeness (QED) is 0.850. The number of nitrogens with two attached hydrogens (primary N) is 1. The van der Waals surface area contributed by atoms with Gasteiger partial charge in [-0.1, -0.05) is 44.0 Å². The third kappa shape index (κ3) is 3.04. The van der Waals surface area contributed by atoms with E-state index >= 15 is 0 Å². The molecule has 0 amide bonds. The van der Waals surface area contributed by atoms with Crippen LogP contribution in [0, 0.1) is 11.2 Å². The van der Waals surface area contributed by atoms with Crippen molar-refractivity contribution in [3.63, 3.8) is 0 Å². The normalized spacial score (nSPS) is 27.2. The van der Waals surface area contributed by atoms with Crippen LogP contribution in [-0.2, 0) is 6.42 Å². The largest absolute Gasteiger partial charge is 0.325 e. The monoisotopic (exact) mass is 269 g/mol. The van der Waals surface area contributed by atoms with Gasteiger partial charge in [0.05, 0.1) is 5.02 Å². The van der Waals surface area contributed by atoms with E-state index in [0.29, 0.717) is 6.42 Å². The zero-order valence-electron chi connectivity index (χ0n) is 11.1. The van der Waals surface area contributed by atoms with Crippen molar-refractivity contribution in [3.8, 4) is 0 Å². The van der Waals surface area contributed by atoms with Crippen molar-refractivity contribution >= 4 is 11.6 Å². The zero-order valence-corrected chi connectivity index (χ0v) is 11.9. The predicted octanol–water partition coefficient (Wildman–Crippen LogP) is 4.32. The highest BCUT2D eigenvalue weighted by Crippen LogP contribution is 2.41. The van der Waals surface area contributed by atoms with Crippen LogP contribution in [0.5, 0.6) is 0 Å². The van der Waals surface area contributed by atoms with E-state index in [4.69, 9.17) is 17.3 Å². The maximum atomic E-state index is 13.4. The Morgan fingerprint density at radius 3 is 2.72 bits per heavy atom. The molecule has 18 heavy (non-hydrogen) atoms. The van der Waals surface area contributed by atoms with Crippen molar-refractivity contribution in [2.45, 2.75) is 51.5 Å². The van der Waals surface area contributed by atoms with Gasteiger partial charge in [-0.05, 0) is 42.7 Å². The van der Waals surface area contributed by atoms with Gasteiger partial charge in [-0.2, -0.15) is 0 Å². The van der Waals surface area contributed by atoms with Crippen LogP contribution < -0.4 is 5.73 Å². The minimum absolute atomic E-state index is 0.228. The highest BCUT2D eigenvalue weighted by Gasteiger charge is 2.37. The second-order valence-electron chi connectivity index (χ2n) is 6.45. The van der Waals surface area contributed by atoms with Crippen molar-refractivity contribution in [2.75, 3.05) is 0 Å². The smallest absolute Gasteiger partial charge is 0.142 e. The Balaban J connectivity index is 2.20. The molecule has 0 spiro atoms. The molecule has 1 aliphatic carbocycles. The first-order valence-electron chi connectivity index (χ1n) is 6.53. The topological polar surface area (TPSA) is 26.0 Å². The van der Waals surface area contributed by atoms with Crippen LogP contribution in [0.4, 0.5) is 4.39 Å². The number of rotatable bonds is 2. The molecule has 1 aromatic rings. The van der Waals surface area contributed by atoms with E-state index in [2.05, 4.69) is 13.8 Å². The van der Waals surface area contributed by atoms with Crippen LogP contribution in [0.15, 0.2) is 18.2 Å². The summed E-state index contributed by atoms with van der Waals surface area (Å²) in [6.45, 7) is 4.50. The van der Waals surface area contributed by atoms with E-state index < -0.39 is 0 Å². The van der Waals surface area contributed by atoms with Crippen molar-refractivity contribution < 1.29 is 4.39 Å². The van der Waals surface area contributed by atoms with Crippen molar-refractivity contribution in [1.29, 1.82) is 0 Å². The third-order valence-electron chi connectivity index (χ3n) is 3.93. The molecule has 100 valence electrons. The fourth-order valence-electron chi connectivity index (χ4n) is 3.26. The average molecular weight is 270 g/mol. The van der Waals surface area contributed by atoms with Crippen molar-refractivity contribution in [1.82, 2.24) is 0 Å². The maximum absolute atomic E-state index is 13.4. The van der Waals surface area contributed by atoms with E-state index in [1.165, 1.54) is 12.5 Å². The average Bonchev–Trinajstić information content (AvgIpc) is 2.22. The molecule has 1 nitrogen and oxygen atoms in total. The van der Waals surface area contributed by atoms with Crippen molar-refractivity contribution in [3.05, 3.63) is 34.6 Å². The molecule has 1 fully saturated rings. The van der Waals surface area contributed by atoms with Crippen molar-refractivity contribution in [2.24, 2.45) is 11.1 Å². The van der Waals surface area contributed by atoms with E-state index in [1.54, 1.807) is 6.07 Å². The highest BCUT2D eigenvalue weighted by atomic mass is 35.5. The summed E-state index contributed by atoms with van der Waals surface area (Å²) in [7, 11) is 0. The molecule has 1 saturated carbocycles. The Labute approximate surface area is 114 Å². The van der Waals surface area contributed by atoms with Crippen LogP contribution in [-0.4, -0.2) is 5.54 Å². The fraction of sp³-hybridized carbons (Fsp3) is 0.600. The lowest BCUT2D eigenvalue weighted by atomic mass is 9.66. The number of halogens is 2.